The largest absolute Gasteiger partial charge is 0.343 e. The van der Waals surface area contributed by atoms with Crippen molar-refractivity contribution in [1.29, 1.82) is 0 Å². The smallest absolute Gasteiger partial charge is 0.223 e. The van der Waals surface area contributed by atoms with E-state index in [9.17, 15) is 9.59 Å². The summed E-state index contributed by atoms with van der Waals surface area (Å²) in [6.45, 7) is 7.69. The second kappa shape index (κ2) is 11.7. The average molecular weight is 334 g/mol. The van der Waals surface area contributed by atoms with Crippen LogP contribution in [0.4, 0.5) is 0 Å². The first kappa shape index (κ1) is 21.2. The van der Waals surface area contributed by atoms with Gasteiger partial charge in [0.05, 0.1) is 0 Å². The third-order valence-electron chi connectivity index (χ3n) is 4.14. The first-order valence-corrected chi connectivity index (χ1v) is 8.34. The number of halogens is 1. The van der Waals surface area contributed by atoms with Gasteiger partial charge in [-0.3, -0.25) is 9.59 Å². The zero-order valence-corrected chi connectivity index (χ0v) is 15.1. The molecule has 1 saturated heterocycles. The predicted octanol–water partition coefficient (Wildman–Crippen LogP) is 2.05. The highest BCUT2D eigenvalue weighted by molar-refractivity contribution is 5.85. The maximum absolute atomic E-state index is 12.2. The summed E-state index contributed by atoms with van der Waals surface area (Å²) in [7, 11) is 1.87. The normalized spacial score (nSPS) is 15.0. The van der Waals surface area contributed by atoms with Crippen LogP contribution in [0.3, 0.4) is 0 Å². The van der Waals surface area contributed by atoms with Gasteiger partial charge in [-0.05, 0) is 38.8 Å². The van der Waals surface area contributed by atoms with E-state index in [1.54, 1.807) is 0 Å². The Hall–Kier alpha value is -0.810. The van der Waals surface area contributed by atoms with E-state index >= 15 is 0 Å². The molecule has 0 saturated carbocycles. The first-order chi connectivity index (χ1) is 10.1. The topological polar surface area (TPSA) is 52.7 Å². The van der Waals surface area contributed by atoms with Crippen molar-refractivity contribution in [2.45, 2.75) is 58.4 Å². The van der Waals surface area contributed by atoms with Crippen LogP contribution in [-0.4, -0.2) is 60.9 Å². The van der Waals surface area contributed by atoms with Crippen molar-refractivity contribution >= 4 is 24.2 Å². The molecular weight excluding hydrogens is 302 g/mol. The van der Waals surface area contributed by atoms with Crippen LogP contribution in [-0.2, 0) is 9.59 Å². The predicted molar refractivity (Wildman–Crippen MR) is 92.3 cm³/mol. The minimum absolute atomic E-state index is 0. The lowest BCUT2D eigenvalue weighted by molar-refractivity contribution is -0.137. The summed E-state index contributed by atoms with van der Waals surface area (Å²) in [6, 6.07) is 0.330. The number of rotatable bonds is 8. The van der Waals surface area contributed by atoms with E-state index < -0.39 is 0 Å². The van der Waals surface area contributed by atoms with Crippen LogP contribution >= 0.6 is 12.4 Å². The second-order valence-corrected chi connectivity index (χ2v) is 5.87. The Bertz CT molecular complexity index is 327. The van der Waals surface area contributed by atoms with Crippen LogP contribution in [0.5, 0.6) is 0 Å². The fourth-order valence-corrected chi connectivity index (χ4v) is 2.85. The van der Waals surface area contributed by atoms with Crippen molar-refractivity contribution in [3.63, 3.8) is 0 Å². The number of hydrogen-bond acceptors (Lipinski definition) is 3. The van der Waals surface area contributed by atoms with Crippen molar-refractivity contribution in [2.75, 3.05) is 33.2 Å². The number of carbonyl (C=O) groups excluding carboxylic acids is 2. The Labute approximate surface area is 141 Å². The summed E-state index contributed by atoms with van der Waals surface area (Å²) in [5, 5.41) is 3.30. The van der Waals surface area contributed by atoms with Crippen LogP contribution in [0.25, 0.3) is 0 Å². The molecule has 6 heteroatoms. The minimum Gasteiger partial charge on any atom is -0.343 e. The maximum atomic E-state index is 12.2. The van der Waals surface area contributed by atoms with Gasteiger partial charge in [-0.25, -0.2) is 0 Å². The third-order valence-corrected chi connectivity index (χ3v) is 4.14. The number of nitrogens with zero attached hydrogens (tertiary/aromatic N) is 2. The maximum Gasteiger partial charge on any atom is 0.223 e. The van der Waals surface area contributed by atoms with Crippen molar-refractivity contribution < 1.29 is 9.59 Å². The minimum atomic E-state index is 0. The number of nitrogens with one attached hydrogen (secondary N) is 1. The van der Waals surface area contributed by atoms with Gasteiger partial charge < -0.3 is 15.1 Å². The quantitative estimate of drug-likeness (QED) is 0.739. The fraction of sp³-hybridized carbons (Fsp3) is 0.875. The van der Waals surface area contributed by atoms with E-state index in [0.717, 1.165) is 51.9 Å². The zero-order valence-electron chi connectivity index (χ0n) is 14.3. The molecule has 0 aromatic heterocycles. The molecule has 0 unspecified atom stereocenters. The van der Waals surface area contributed by atoms with E-state index in [1.165, 1.54) is 0 Å². The van der Waals surface area contributed by atoms with Gasteiger partial charge >= 0.3 is 0 Å². The van der Waals surface area contributed by atoms with E-state index in [2.05, 4.69) is 19.2 Å². The molecule has 22 heavy (non-hydrogen) atoms. The number of piperidine rings is 1. The molecule has 2 amide bonds. The second-order valence-electron chi connectivity index (χ2n) is 5.87. The summed E-state index contributed by atoms with van der Waals surface area (Å²) in [5.74, 6) is 0.217. The number of hydrogen-bond donors (Lipinski definition) is 1. The highest BCUT2D eigenvalue weighted by Gasteiger charge is 2.22. The summed E-state index contributed by atoms with van der Waals surface area (Å²) < 4.78 is 0. The van der Waals surface area contributed by atoms with Crippen molar-refractivity contribution in [1.82, 2.24) is 15.1 Å². The van der Waals surface area contributed by atoms with E-state index in [4.69, 9.17) is 0 Å². The Kier molecular flexibility index (Phi) is 11.3. The molecule has 5 nitrogen and oxygen atoms in total. The van der Waals surface area contributed by atoms with Crippen molar-refractivity contribution in [2.24, 2.45) is 0 Å². The summed E-state index contributed by atoms with van der Waals surface area (Å²) in [4.78, 5) is 28.1. The van der Waals surface area contributed by atoms with Gasteiger partial charge in [0, 0.05) is 39.0 Å². The lowest BCUT2D eigenvalue weighted by Gasteiger charge is -2.32. The third kappa shape index (κ3) is 6.97. The van der Waals surface area contributed by atoms with Crippen LogP contribution in [0, 0.1) is 0 Å². The van der Waals surface area contributed by atoms with Crippen LogP contribution in [0.15, 0.2) is 0 Å². The molecule has 0 spiro atoms. The van der Waals surface area contributed by atoms with E-state index in [-0.39, 0.29) is 24.2 Å². The molecule has 1 heterocycles. The number of carbonyl (C=O) groups is 2. The first-order valence-electron chi connectivity index (χ1n) is 8.34. The lowest BCUT2D eigenvalue weighted by atomic mass is 10.0. The SMILES string of the molecule is CCCN(CCC)C(=O)CCC(=O)N(C)C1CCNCC1.Cl. The monoisotopic (exact) mass is 333 g/mol. The molecule has 0 bridgehead atoms. The van der Waals surface area contributed by atoms with Gasteiger partial charge in [-0.15, -0.1) is 12.4 Å². The Morgan fingerprint density at radius 2 is 1.50 bits per heavy atom. The number of amides is 2. The molecule has 0 atom stereocenters. The lowest BCUT2D eigenvalue weighted by Crippen LogP contribution is -2.44. The van der Waals surface area contributed by atoms with E-state index in [1.807, 2.05) is 16.8 Å². The Morgan fingerprint density at radius 1 is 1.00 bits per heavy atom. The molecule has 1 fully saturated rings. The summed E-state index contributed by atoms with van der Waals surface area (Å²) in [5.41, 5.74) is 0. The molecule has 1 aliphatic rings. The van der Waals surface area contributed by atoms with Gasteiger partial charge in [0.1, 0.15) is 0 Å². The van der Waals surface area contributed by atoms with Crippen molar-refractivity contribution in [3.05, 3.63) is 0 Å². The highest BCUT2D eigenvalue weighted by Crippen LogP contribution is 2.12. The zero-order chi connectivity index (χ0) is 15.7. The highest BCUT2D eigenvalue weighted by atomic mass is 35.5. The van der Waals surface area contributed by atoms with Crippen molar-refractivity contribution in [3.8, 4) is 0 Å². The van der Waals surface area contributed by atoms with Gasteiger partial charge in [0.25, 0.3) is 0 Å². The van der Waals surface area contributed by atoms with Crippen LogP contribution in [0.1, 0.15) is 52.4 Å². The molecule has 0 radical (unpaired) electrons. The van der Waals surface area contributed by atoms with Gasteiger partial charge in [0.2, 0.25) is 11.8 Å². The molecular formula is C16H32ClN3O2. The van der Waals surface area contributed by atoms with Gasteiger partial charge in [0.15, 0.2) is 0 Å². The molecule has 0 aromatic rings. The van der Waals surface area contributed by atoms with Gasteiger partial charge in [-0.2, -0.15) is 0 Å². The molecule has 0 aliphatic carbocycles. The summed E-state index contributed by atoms with van der Waals surface area (Å²) in [6.07, 6.45) is 4.63. The van der Waals surface area contributed by atoms with Crippen LogP contribution < -0.4 is 5.32 Å². The Balaban J connectivity index is 0.00000441. The van der Waals surface area contributed by atoms with Crippen LogP contribution in [0.2, 0.25) is 0 Å². The molecule has 1 N–H and O–H groups in total. The standard InChI is InChI=1S/C16H31N3O2.ClH/c1-4-12-19(13-5-2)16(21)7-6-15(20)18(3)14-8-10-17-11-9-14;/h14,17H,4-13H2,1-3H3;1H. The van der Waals surface area contributed by atoms with Gasteiger partial charge in [-0.1, -0.05) is 13.8 Å². The summed E-state index contributed by atoms with van der Waals surface area (Å²) >= 11 is 0. The Morgan fingerprint density at radius 3 is 2.00 bits per heavy atom. The fourth-order valence-electron chi connectivity index (χ4n) is 2.85. The molecule has 130 valence electrons. The molecule has 0 aromatic carbocycles. The van der Waals surface area contributed by atoms with E-state index in [0.29, 0.717) is 18.9 Å². The molecule has 1 aliphatic heterocycles. The average Bonchev–Trinajstić information content (AvgIpc) is 2.52. The molecule has 1 rings (SSSR count).